The Balaban J connectivity index is 1.47. The lowest BCUT2D eigenvalue weighted by atomic mass is 10.2. The van der Waals surface area contributed by atoms with Gasteiger partial charge < -0.3 is 14.5 Å². The molecule has 7 nitrogen and oxygen atoms in total. The average Bonchev–Trinajstić information content (AvgIpc) is 3.35. The van der Waals surface area contributed by atoms with Crippen LogP contribution in [-0.4, -0.2) is 20.8 Å². The second-order valence-electron chi connectivity index (χ2n) is 6.91. The lowest BCUT2D eigenvalue weighted by Crippen LogP contribution is -2.30. The van der Waals surface area contributed by atoms with E-state index in [-0.39, 0.29) is 12.5 Å². The molecule has 4 rings (SSSR count). The third-order valence-electron chi connectivity index (χ3n) is 4.59. The molecule has 3 heterocycles. The summed E-state index contributed by atoms with van der Waals surface area (Å²) in [5, 5.41) is 8.21. The number of hydrogen-bond acceptors (Lipinski definition) is 5. The number of furan rings is 1. The zero-order valence-electron chi connectivity index (χ0n) is 16.6. The third-order valence-corrected chi connectivity index (χ3v) is 5.29. The van der Waals surface area contributed by atoms with Gasteiger partial charge in [-0.05, 0) is 62.0 Å². The van der Waals surface area contributed by atoms with E-state index in [1.165, 1.54) is 4.90 Å². The SMILES string of the molecule is Cc1cc(OCc2ccc(C=C3NC(=S)N(c4cn(C)nc4C)C3=O)o2)ccc1Cl. The summed E-state index contributed by atoms with van der Waals surface area (Å²) in [6, 6.07) is 9.04. The van der Waals surface area contributed by atoms with Crippen molar-refractivity contribution in [2.75, 3.05) is 4.90 Å². The predicted molar refractivity (Wildman–Crippen MR) is 118 cm³/mol. The summed E-state index contributed by atoms with van der Waals surface area (Å²) in [5.74, 6) is 1.59. The number of nitrogens with zero attached hydrogens (tertiary/aromatic N) is 3. The number of anilines is 1. The number of amides is 1. The minimum absolute atomic E-state index is 0.255. The topological polar surface area (TPSA) is 72.5 Å². The summed E-state index contributed by atoms with van der Waals surface area (Å²) in [6.45, 7) is 4.00. The van der Waals surface area contributed by atoms with E-state index >= 15 is 0 Å². The fourth-order valence-corrected chi connectivity index (χ4v) is 3.52. The van der Waals surface area contributed by atoms with Crippen LogP contribution >= 0.6 is 23.8 Å². The van der Waals surface area contributed by atoms with Gasteiger partial charge in [-0.1, -0.05) is 11.6 Å². The molecule has 0 spiro atoms. The van der Waals surface area contributed by atoms with E-state index in [1.807, 2.05) is 19.9 Å². The van der Waals surface area contributed by atoms with E-state index in [4.69, 9.17) is 33.0 Å². The summed E-state index contributed by atoms with van der Waals surface area (Å²) in [5.41, 5.74) is 2.63. The maximum absolute atomic E-state index is 12.9. The normalized spacial score (nSPS) is 15.2. The first-order chi connectivity index (χ1) is 14.3. The zero-order chi connectivity index (χ0) is 21.4. The quantitative estimate of drug-likeness (QED) is 0.473. The van der Waals surface area contributed by atoms with Crippen molar-refractivity contribution in [3.63, 3.8) is 0 Å². The number of carbonyl (C=O) groups is 1. The lowest BCUT2D eigenvalue weighted by molar-refractivity contribution is -0.113. The van der Waals surface area contributed by atoms with Gasteiger partial charge in [0, 0.05) is 24.3 Å². The highest BCUT2D eigenvalue weighted by Gasteiger charge is 2.34. The smallest absolute Gasteiger partial charge is 0.281 e. The van der Waals surface area contributed by atoms with Gasteiger partial charge in [-0.15, -0.1) is 0 Å². The maximum Gasteiger partial charge on any atom is 0.281 e. The molecular formula is C21H19ClN4O3S. The Morgan fingerprint density at radius 3 is 2.80 bits per heavy atom. The highest BCUT2D eigenvalue weighted by Crippen LogP contribution is 2.26. The first-order valence-corrected chi connectivity index (χ1v) is 9.95. The second kappa shape index (κ2) is 7.97. The molecule has 30 heavy (non-hydrogen) atoms. The van der Waals surface area contributed by atoms with Crippen molar-refractivity contribution < 1.29 is 13.9 Å². The molecule has 1 amide bonds. The van der Waals surface area contributed by atoms with Crippen LogP contribution in [0.15, 0.2) is 46.6 Å². The number of aryl methyl sites for hydroxylation is 3. The third kappa shape index (κ3) is 3.96. The molecule has 1 fully saturated rings. The number of carbonyl (C=O) groups excluding carboxylic acids is 1. The number of ether oxygens (including phenoxy) is 1. The Morgan fingerprint density at radius 1 is 1.30 bits per heavy atom. The van der Waals surface area contributed by atoms with Crippen LogP contribution in [0.5, 0.6) is 5.75 Å². The van der Waals surface area contributed by atoms with Gasteiger partial charge in [0.2, 0.25) is 0 Å². The van der Waals surface area contributed by atoms with E-state index in [0.717, 1.165) is 5.56 Å². The van der Waals surface area contributed by atoms with Crippen LogP contribution in [0.25, 0.3) is 6.08 Å². The molecular weight excluding hydrogens is 424 g/mol. The molecule has 0 saturated carbocycles. The maximum atomic E-state index is 12.9. The summed E-state index contributed by atoms with van der Waals surface area (Å²) in [6.07, 6.45) is 3.38. The van der Waals surface area contributed by atoms with Gasteiger partial charge in [-0.25, -0.2) is 4.90 Å². The second-order valence-corrected chi connectivity index (χ2v) is 7.70. The summed E-state index contributed by atoms with van der Waals surface area (Å²) in [7, 11) is 1.79. The van der Waals surface area contributed by atoms with Gasteiger partial charge in [-0.2, -0.15) is 5.10 Å². The molecule has 1 saturated heterocycles. The van der Waals surface area contributed by atoms with Gasteiger partial charge in [0.1, 0.15) is 29.6 Å². The molecule has 2 aromatic heterocycles. The van der Waals surface area contributed by atoms with Crippen molar-refractivity contribution in [1.82, 2.24) is 15.1 Å². The highest BCUT2D eigenvalue weighted by molar-refractivity contribution is 7.80. The molecule has 1 aliphatic heterocycles. The Kier molecular flexibility index (Phi) is 5.36. The number of hydrogen-bond donors (Lipinski definition) is 1. The molecule has 0 bridgehead atoms. The number of nitrogens with one attached hydrogen (secondary N) is 1. The van der Waals surface area contributed by atoms with E-state index in [2.05, 4.69) is 10.4 Å². The van der Waals surface area contributed by atoms with E-state index in [9.17, 15) is 4.79 Å². The predicted octanol–water partition coefficient (Wildman–Crippen LogP) is 4.12. The monoisotopic (exact) mass is 442 g/mol. The van der Waals surface area contributed by atoms with Crippen LogP contribution in [0, 0.1) is 13.8 Å². The first kappa shape index (κ1) is 20.2. The number of thiocarbonyl (C=S) groups is 1. The Morgan fingerprint density at radius 2 is 2.10 bits per heavy atom. The molecule has 0 unspecified atom stereocenters. The van der Waals surface area contributed by atoms with Crippen molar-refractivity contribution in [2.45, 2.75) is 20.5 Å². The number of benzene rings is 1. The Bertz CT molecular complexity index is 1180. The van der Waals surface area contributed by atoms with Crippen LogP contribution in [0.1, 0.15) is 22.8 Å². The molecule has 0 radical (unpaired) electrons. The van der Waals surface area contributed by atoms with Gasteiger partial charge in [0.15, 0.2) is 5.11 Å². The summed E-state index contributed by atoms with van der Waals surface area (Å²) >= 11 is 11.4. The van der Waals surface area contributed by atoms with Crippen LogP contribution < -0.4 is 15.0 Å². The number of aromatic nitrogens is 2. The van der Waals surface area contributed by atoms with Crippen molar-refractivity contribution in [1.29, 1.82) is 0 Å². The van der Waals surface area contributed by atoms with Gasteiger partial charge in [0.05, 0.1) is 11.4 Å². The molecule has 1 N–H and O–H groups in total. The molecule has 9 heteroatoms. The van der Waals surface area contributed by atoms with Crippen LogP contribution in [0.2, 0.25) is 5.02 Å². The molecule has 1 aromatic carbocycles. The minimum Gasteiger partial charge on any atom is -0.486 e. The number of rotatable bonds is 5. The molecule has 1 aliphatic rings. The van der Waals surface area contributed by atoms with Gasteiger partial charge in [0.25, 0.3) is 5.91 Å². The van der Waals surface area contributed by atoms with Crippen molar-refractivity contribution in [3.8, 4) is 5.75 Å². The Labute approximate surface area is 183 Å². The van der Waals surface area contributed by atoms with Crippen molar-refractivity contribution in [3.05, 3.63) is 70.0 Å². The molecule has 0 aliphatic carbocycles. The standard InChI is InChI=1S/C21H19ClN4O3S/c1-12-8-14(6-7-17(12)22)28-11-16-5-4-15(29-16)9-18-20(27)26(21(30)23-18)19-10-25(3)24-13(19)2/h4-10H,11H2,1-3H3,(H,23,30). The average molecular weight is 443 g/mol. The highest BCUT2D eigenvalue weighted by atomic mass is 35.5. The van der Waals surface area contributed by atoms with E-state index in [0.29, 0.717) is 44.5 Å². The van der Waals surface area contributed by atoms with E-state index < -0.39 is 0 Å². The van der Waals surface area contributed by atoms with Crippen LogP contribution in [-0.2, 0) is 18.4 Å². The van der Waals surface area contributed by atoms with Crippen LogP contribution in [0.3, 0.4) is 0 Å². The largest absolute Gasteiger partial charge is 0.486 e. The van der Waals surface area contributed by atoms with Crippen LogP contribution in [0.4, 0.5) is 5.69 Å². The Hall–Kier alpha value is -3.10. The zero-order valence-corrected chi connectivity index (χ0v) is 18.2. The van der Waals surface area contributed by atoms with Crippen molar-refractivity contribution in [2.24, 2.45) is 7.05 Å². The molecule has 0 atom stereocenters. The molecule has 3 aromatic rings. The number of halogens is 1. The summed E-state index contributed by atoms with van der Waals surface area (Å²) in [4.78, 5) is 14.3. The van der Waals surface area contributed by atoms with Gasteiger partial charge in [-0.3, -0.25) is 9.48 Å². The fourth-order valence-electron chi connectivity index (χ4n) is 3.11. The lowest BCUT2D eigenvalue weighted by Gasteiger charge is -2.11. The molecule has 154 valence electrons. The van der Waals surface area contributed by atoms with E-state index in [1.54, 1.807) is 48.3 Å². The summed E-state index contributed by atoms with van der Waals surface area (Å²) < 4.78 is 13.2. The van der Waals surface area contributed by atoms with Crippen molar-refractivity contribution >= 4 is 46.6 Å². The fraction of sp³-hybridized carbons (Fsp3) is 0.190. The minimum atomic E-state index is -0.262. The first-order valence-electron chi connectivity index (χ1n) is 9.17. The van der Waals surface area contributed by atoms with Gasteiger partial charge >= 0.3 is 0 Å².